The molecule has 0 aliphatic carbocycles. The summed E-state index contributed by atoms with van der Waals surface area (Å²) in [4.78, 5) is 16.3. The van der Waals surface area contributed by atoms with Gasteiger partial charge in [-0.25, -0.2) is 14.1 Å². The summed E-state index contributed by atoms with van der Waals surface area (Å²) >= 11 is 0.978. The van der Waals surface area contributed by atoms with Gasteiger partial charge in [0.25, 0.3) is 0 Å². The van der Waals surface area contributed by atoms with E-state index in [9.17, 15) is 9.18 Å². The van der Waals surface area contributed by atoms with Crippen LogP contribution in [0.15, 0.2) is 59.9 Å². The first-order valence-electron chi connectivity index (χ1n) is 6.38. The maximum atomic E-state index is 13.0. The molecule has 0 amide bonds. The first kappa shape index (κ1) is 14.3. The fraction of sp³-hybridized carbons (Fsp3) is 0. The molecule has 0 spiro atoms. The zero-order valence-electron chi connectivity index (χ0n) is 11.3. The van der Waals surface area contributed by atoms with Crippen molar-refractivity contribution in [3.05, 3.63) is 66.2 Å². The third-order valence-electron chi connectivity index (χ3n) is 2.93. The van der Waals surface area contributed by atoms with Gasteiger partial charge >= 0.3 is 0 Å². The number of hydrogen-bond acceptors (Lipinski definition) is 5. The van der Waals surface area contributed by atoms with E-state index in [1.807, 2.05) is 0 Å². The lowest BCUT2D eigenvalue weighted by atomic mass is 10.3. The van der Waals surface area contributed by atoms with E-state index in [1.54, 1.807) is 36.5 Å². The van der Waals surface area contributed by atoms with Gasteiger partial charge in [-0.15, -0.1) is 0 Å². The molecule has 0 saturated carbocycles. The fourth-order valence-corrected chi connectivity index (χ4v) is 2.58. The van der Waals surface area contributed by atoms with Crippen LogP contribution in [0.5, 0.6) is 0 Å². The van der Waals surface area contributed by atoms with Gasteiger partial charge in [-0.2, -0.15) is 5.10 Å². The molecule has 0 aliphatic rings. The van der Waals surface area contributed by atoms with Crippen molar-refractivity contribution >= 4 is 22.7 Å². The Labute approximate surface area is 130 Å². The average molecular weight is 314 g/mol. The summed E-state index contributed by atoms with van der Waals surface area (Å²) in [5.74, 6) is -0.142. The van der Waals surface area contributed by atoms with Gasteiger partial charge in [-0.05, 0) is 48.2 Å². The number of halogens is 1. The summed E-state index contributed by atoms with van der Waals surface area (Å²) in [6.45, 7) is 0. The molecule has 2 N–H and O–H groups in total. The van der Waals surface area contributed by atoms with Gasteiger partial charge < -0.3 is 5.73 Å². The number of rotatable bonds is 3. The van der Waals surface area contributed by atoms with Crippen molar-refractivity contribution in [3.8, 4) is 5.69 Å². The Hall–Kier alpha value is -2.67. The molecule has 3 rings (SSSR count). The SMILES string of the molecule is Nc1c(C(=O)Sc2ccccn2)cnn1-c1ccc(F)cc1. The first-order valence-corrected chi connectivity index (χ1v) is 7.19. The molecule has 3 aromatic rings. The van der Waals surface area contributed by atoms with Crippen molar-refractivity contribution in [1.29, 1.82) is 0 Å². The molecule has 0 aliphatic heterocycles. The number of pyridine rings is 1. The van der Waals surface area contributed by atoms with Crippen molar-refractivity contribution in [2.24, 2.45) is 0 Å². The monoisotopic (exact) mass is 314 g/mol. The summed E-state index contributed by atoms with van der Waals surface area (Å²) < 4.78 is 14.3. The Morgan fingerprint density at radius 3 is 2.64 bits per heavy atom. The molecule has 0 fully saturated rings. The molecule has 0 bridgehead atoms. The Bertz CT molecular complexity index is 802. The van der Waals surface area contributed by atoms with Crippen LogP contribution in [0, 0.1) is 5.82 Å². The van der Waals surface area contributed by atoms with Gasteiger partial charge in [0.1, 0.15) is 16.7 Å². The Morgan fingerprint density at radius 2 is 1.95 bits per heavy atom. The van der Waals surface area contributed by atoms with Crippen molar-refractivity contribution in [3.63, 3.8) is 0 Å². The van der Waals surface area contributed by atoms with E-state index in [0.717, 1.165) is 11.8 Å². The second-order valence-corrected chi connectivity index (χ2v) is 5.38. The standard InChI is InChI=1S/C15H11FN4OS/c16-10-4-6-11(7-5-10)20-14(17)12(9-19-20)15(21)22-13-3-1-2-8-18-13/h1-9H,17H2. The van der Waals surface area contributed by atoms with Crippen LogP contribution in [0.1, 0.15) is 10.4 Å². The number of thioether (sulfide) groups is 1. The highest BCUT2D eigenvalue weighted by atomic mass is 32.2. The van der Waals surface area contributed by atoms with Crippen LogP contribution in [0.25, 0.3) is 5.69 Å². The average Bonchev–Trinajstić information content (AvgIpc) is 2.91. The Kier molecular flexibility index (Phi) is 3.88. The van der Waals surface area contributed by atoms with Gasteiger partial charge in [-0.3, -0.25) is 4.79 Å². The van der Waals surface area contributed by atoms with E-state index in [4.69, 9.17) is 5.73 Å². The molecule has 0 saturated heterocycles. The minimum atomic E-state index is -0.350. The van der Waals surface area contributed by atoms with Crippen molar-refractivity contribution in [2.45, 2.75) is 5.03 Å². The van der Waals surface area contributed by atoms with Crippen LogP contribution in [0.2, 0.25) is 0 Å². The zero-order chi connectivity index (χ0) is 15.5. The number of anilines is 1. The van der Waals surface area contributed by atoms with Crippen molar-refractivity contribution in [2.75, 3.05) is 5.73 Å². The molecular formula is C15H11FN4OS. The number of benzene rings is 1. The molecule has 2 heterocycles. The molecule has 5 nitrogen and oxygen atoms in total. The number of nitrogen functional groups attached to an aromatic ring is 1. The zero-order valence-corrected chi connectivity index (χ0v) is 12.1. The topological polar surface area (TPSA) is 73.8 Å². The quantitative estimate of drug-likeness (QED) is 0.752. The number of carbonyl (C=O) groups excluding carboxylic acids is 1. The number of hydrogen-bond donors (Lipinski definition) is 1. The van der Waals surface area contributed by atoms with Gasteiger partial charge in [0.05, 0.1) is 17.4 Å². The minimum Gasteiger partial charge on any atom is -0.383 e. The van der Waals surface area contributed by atoms with E-state index < -0.39 is 0 Å². The van der Waals surface area contributed by atoms with Gasteiger partial charge in [0, 0.05) is 6.20 Å². The summed E-state index contributed by atoms with van der Waals surface area (Å²) in [5, 5.41) is 4.43. The van der Waals surface area contributed by atoms with Crippen molar-refractivity contribution in [1.82, 2.24) is 14.8 Å². The van der Waals surface area contributed by atoms with E-state index >= 15 is 0 Å². The molecular weight excluding hydrogens is 303 g/mol. The van der Waals surface area contributed by atoms with Gasteiger partial charge in [-0.1, -0.05) is 6.07 Å². The molecule has 0 unspecified atom stereocenters. The summed E-state index contributed by atoms with van der Waals surface area (Å²) in [7, 11) is 0. The first-order chi connectivity index (χ1) is 10.6. The lowest BCUT2D eigenvalue weighted by Gasteiger charge is -2.04. The highest BCUT2D eigenvalue weighted by molar-refractivity contribution is 8.14. The van der Waals surface area contributed by atoms with Crippen LogP contribution in [-0.2, 0) is 0 Å². The van der Waals surface area contributed by atoms with Crippen molar-refractivity contribution < 1.29 is 9.18 Å². The van der Waals surface area contributed by atoms with E-state index in [2.05, 4.69) is 10.1 Å². The highest BCUT2D eigenvalue weighted by Crippen LogP contribution is 2.25. The Balaban J connectivity index is 1.87. The van der Waals surface area contributed by atoms with Crippen LogP contribution in [-0.4, -0.2) is 19.9 Å². The predicted octanol–water partition coefficient (Wildman–Crippen LogP) is 2.92. The molecule has 2 aromatic heterocycles. The third kappa shape index (κ3) is 2.84. The Morgan fingerprint density at radius 1 is 1.18 bits per heavy atom. The molecule has 22 heavy (non-hydrogen) atoms. The summed E-state index contributed by atoms with van der Waals surface area (Å²) in [6.07, 6.45) is 3.01. The minimum absolute atomic E-state index is 0.208. The number of carbonyl (C=O) groups is 1. The number of nitrogens with zero attached hydrogens (tertiary/aromatic N) is 3. The van der Waals surface area contributed by atoms with Crippen LogP contribution < -0.4 is 5.73 Å². The second kappa shape index (κ2) is 5.98. The lowest BCUT2D eigenvalue weighted by Crippen LogP contribution is -2.05. The fourth-order valence-electron chi connectivity index (χ4n) is 1.86. The summed E-state index contributed by atoms with van der Waals surface area (Å²) in [5.41, 5.74) is 6.86. The normalized spacial score (nSPS) is 10.6. The number of nitrogens with two attached hydrogens (primary N) is 1. The van der Waals surface area contributed by atoms with Gasteiger partial charge in [0.15, 0.2) is 0 Å². The van der Waals surface area contributed by atoms with Crippen LogP contribution in [0.4, 0.5) is 10.2 Å². The summed E-state index contributed by atoms with van der Waals surface area (Å²) in [6, 6.07) is 11.0. The van der Waals surface area contributed by atoms with Crippen LogP contribution >= 0.6 is 11.8 Å². The van der Waals surface area contributed by atoms with Gasteiger partial charge in [0.2, 0.25) is 5.12 Å². The molecule has 7 heteroatoms. The predicted molar refractivity (Wildman–Crippen MR) is 82.4 cm³/mol. The largest absolute Gasteiger partial charge is 0.383 e. The van der Waals surface area contributed by atoms with E-state index in [-0.39, 0.29) is 16.8 Å². The maximum absolute atomic E-state index is 13.0. The third-order valence-corrected chi connectivity index (χ3v) is 3.79. The molecule has 0 radical (unpaired) electrons. The van der Waals surface area contributed by atoms with E-state index in [0.29, 0.717) is 16.3 Å². The maximum Gasteiger partial charge on any atom is 0.230 e. The molecule has 0 atom stereocenters. The molecule has 1 aromatic carbocycles. The van der Waals surface area contributed by atoms with Crippen LogP contribution in [0.3, 0.4) is 0 Å². The number of aromatic nitrogens is 3. The lowest BCUT2D eigenvalue weighted by molar-refractivity contribution is 0.108. The van der Waals surface area contributed by atoms with E-state index in [1.165, 1.54) is 23.0 Å². The molecule has 110 valence electrons. The second-order valence-electron chi connectivity index (χ2n) is 4.39. The smallest absolute Gasteiger partial charge is 0.230 e. The highest BCUT2D eigenvalue weighted by Gasteiger charge is 2.17.